The standard InChI is InChI=1S/C22H32O4/c1-22(2,3)26-21(23)16-9-7-6-8-14-13-18-15(12-17(14)16)10-11-19(24-4)20(18)25-5/h10-11,14,16-17H,6-9,12-13H2,1-5H3. The molecule has 144 valence electrons. The summed E-state index contributed by atoms with van der Waals surface area (Å²) in [5, 5.41) is 0. The zero-order valence-corrected chi connectivity index (χ0v) is 16.8. The minimum absolute atomic E-state index is 0.00275. The van der Waals surface area contributed by atoms with Crippen molar-refractivity contribution in [1.82, 2.24) is 0 Å². The van der Waals surface area contributed by atoms with Crippen molar-refractivity contribution < 1.29 is 19.0 Å². The molecule has 0 spiro atoms. The van der Waals surface area contributed by atoms with Crippen LogP contribution in [0.15, 0.2) is 12.1 Å². The maximum atomic E-state index is 12.9. The van der Waals surface area contributed by atoms with Gasteiger partial charge in [0.05, 0.1) is 20.1 Å². The lowest BCUT2D eigenvalue weighted by atomic mass is 9.69. The highest BCUT2D eigenvalue weighted by Gasteiger charge is 2.41. The number of carbonyl (C=O) groups is 1. The lowest BCUT2D eigenvalue weighted by molar-refractivity contribution is -0.163. The minimum Gasteiger partial charge on any atom is -0.493 e. The predicted molar refractivity (Wildman–Crippen MR) is 102 cm³/mol. The van der Waals surface area contributed by atoms with E-state index in [9.17, 15) is 4.79 Å². The molecule has 1 fully saturated rings. The number of benzene rings is 1. The van der Waals surface area contributed by atoms with Crippen LogP contribution in [0.1, 0.15) is 57.6 Å². The Labute approximate surface area is 157 Å². The van der Waals surface area contributed by atoms with E-state index in [1.54, 1.807) is 14.2 Å². The molecule has 3 rings (SSSR count). The second-order valence-corrected chi connectivity index (χ2v) is 8.70. The van der Waals surface area contributed by atoms with Gasteiger partial charge >= 0.3 is 5.97 Å². The zero-order valence-electron chi connectivity index (χ0n) is 16.8. The van der Waals surface area contributed by atoms with Gasteiger partial charge in [0.1, 0.15) is 5.60 Å². The van der Waals surface area contributed by atoms with Crippen molar-refractivity contribution in [3.63, 3.8) is 0 Å². The number of esters is 1. The van der Waals surface area contributed by atoms with Gasteiger partial charge in [-0.2, -0.15) is 0 Å². The first kappa shape index (κ1) is 19.1. The summed E-state index contributed by atoms with van der Waals surface area (Å²) < 4.78 is 16.9. The summed E-state index contributed by atoms with van der Waals surface area (Å²) in [6.07, 6.45) is 6.28. The molecule has 0 aromatic heterocycles. The van der Waals surface area contributed by atoms with Crippen LogP contribution < -0.4 is 9.47 Å². The van der Waals surface area contributed by atoms with Gasteiger partial charge in [-0.3, -0.25) is 4.79 Å². The van der Waals surface area contributed by atoms with Crippen LogP contribution in [-0.4, -0.2) is 25.8 Å². The molecule has 26 heavy (non-hydrogen) atoms. The Bertz CT molecular complexity index is 659. The van der Waals surface area contributed by atoms with E-state index in [0.29, 0.717) is 11.8 Å². The molecule has 0 N–H and O–H groups in total. The first-order valence-corrected chi connectivity index (χ1v) is 9.79. The molecular weight excluding hydrogens is 328 g/mol. The normalized spacial score (nSPS) is 25.5. The van der Waals surface area contributed by atoms with Crippen molar-refractivity contribution in [3.8, 4) is 11.5 Å². The Morgan fingerprint density at radius 3 is 2.42 bits per heavy atom. The molecule has 0 bridgehead atoms. The fourth-order valence-electron chi connectivity index (χ4n) is 4.72. The van der Waals surface area contributed by atoms with Crippen LogP contribution in [0.4, 0.5) is 0 Å². The summed E-state index contributed by atoms with van der Waals surface area (Å²) in [7, 11) is 3.39. The number of carbonyl (C=O) groups excluding carboxylic acids is 1. The first-order valence-electron chi connectivity index (χ1n) is 9.79. The van der Waals surface area contributed by atoms with Gasteiger partial charge in [0.15, 0.2) is 11.5 Å². The van der Waals surface area contributed by atoms with Crippen LogP contribution in [0.3, 0.4) is 0 Å². The largest absolute Gasteiger partial charge is 0.493 e. The van der Waals surface area contributed by atoms with Gasteiger partial charge in [0.2, 0.25) is 0 Å². The zero-order chi connectivity index (χ0) is 18.9. The highest BCUT2D eigenvalue weighted by molar-refractivity contribution is 5.73. The summed E-state index contributed by atoms with van der Waals surface area (Å²) in [5.41, 5.74) is 2.12. The van der Waals surface area contributed by atoms with Gasteiger partial charge in [-0.15, -0.1) is 0 Å². The monoisotopic (exact) mass is 360 g/mol. The van der Waals surface area contributed by atoms with Gasteiger partial charge in [-0.25, -0.2) is 0 Å². The third-order valence-corrected chi connectivity index (χ3v) is 5.84. The number of ether oxygens (including phenoxy) is 3. The van der Waals surface area contributed by atoms with Crippen molar-refractivity contribution >= 4 is 5.97 Å². The van der Waals surface area contributed by atoms with Crippen LogP contribution in [0.25, 0.3) is 0 Å². The maximum Gasteiger partial charge on any atom is 0.309 e. The number of hydrogen-bond donors (Lipinski definition) is 0. The van der Waals surface area contributed by atoms with E-state index in [1.807, 2.05) is 26.8 Å². The Morgan fingerprint density at radius 1 is 1.04 bits per heavy atom. The number of rotatable bonds is 3. The second-order valence-electron chi connectivity index (χ2n) is 8.70. The molecule has 0 radical (unpaired) electrons. The van der Waals surface area contributed by atoms with Gasteiger partial charge in [-0.05, 0) is 69.9 Å². The quantitative estimate of drug-likeness (QED) is 0.741. The summed E-state index contributed by atoms with van der Waals surface area (Å²) in [5.74, 6) is 2.51. The molecular formula is C22H32O4. The van der Waals surface area contributed by atoms with Gasteiger partial charge in [-0.1, -0.05) is 18.9 Å². The van der Waals surface area contributed by atoms with Crippen molar-refractivity contribution in [3.05, 3.63) is 23.3 Å². The molecule has 2 aliphatic rings. The molecule has 3 atom stereocenters. The van der Waals surface area contributed by atoms with E-state index < -0.39 is 5.60 Å². The Balaban J connectivity index is 1.91. The average Bonchev–Trinajstić information content (AvgIpc) is 2.79. The molecule has 0 saturated heterocycles. The fraction of sp³-hybridized carbons (Fsp3) is 0.682. The fourth-order valence-corrected chi connectivity index (χ4v) is 4.72. The van der Waals surface area contributed by atoms with Crippen LogP contribution >= 0.6 is 0 Å². The number of hydrogen-bond acceptors (Lipinski definition) is 4. The van der Waals surface area contributed by atoms with E-state index in [-0.39, 0.29) is 11.9 Å². The van der Waals surface area contributed by atoms with Gasteiger partial charge in [0.25, 0.3) is 0 Å². The average molecular weight is 360 g/mol. The van der Waals surface area contributed by atoms with Crippen molar-refractivity contribution in [1.29, 1.82) is 0 Å². The van der Waals surface area contributed by atoms with E-state index in [0.717, 1.165) is 37.2 Å². The van der Waals surface area contributed by atoms with Crippen LogP contribution in [0.5, 0.6) is 11.5 Å². The summed E-state index contributed by atoms with van der Waals surface area (Å²) in [6, 6.07) is 4.13. The minimum atomic E-state index is -0.429. The predicted octanol–water partition coefficient (Wildman–Crippen LogP) is 4.57. The third kappa shape index (κ3) is 3.84. The van der Waals surface area contributed by atoms with Crippen molar-refractivity contribution in [2.75, 3.05) is 14.2 Å². The lowest BCUT2D eigenvalue weighted by Gasteiger charge is -2.37. The van der Waals surface area contributed by atoms with Crippen LogP contribution in [-0.2, 0) is 22.4 Å². The summed E-state index contributed by atoms with van der Waals surface area (Å²) >= 11 is 0. The van der Waals surface area contributed by atoms with E-state index >= 15 is 0 Å². The van der Waals surface area contributed by atoms with Crippen molar-refractivity contribution in [2.45, 2.75) is 64.9 Å². The second kappa shape index (κ2) is 7.50. The molecule has 2 aliphatic carbocycles. The molecule has 0 heterocycles. The highest BCUT2D eigenvalue weighted by Crippen LogP contribution is 2.46. The molecule has 1 saturated carbocycles. The molecule has 1 aromatic carbocycles. The molecule has 4 nitrogen and oxygen atoms in total. The Hall–Kier alpha value is -1.71. The Kier molecular flexibility index (Phi) is 5.50. The molecule has 4 heteroatoms. The maximum absolute atomic E-state index is 12.9. The van der Waals surface area contributed by atoms with Gasteiger partial charge < -0.3 is 14.2 Å². The lowest BCUT2D eigenvalue weighted by Crippen LogP contribution is -2.38. The molecule has 1 aromatic rings. The molecule has 0 amide bonds. The van der Waals surface area contributed by atoms with E-state index in [2.05, 4.69) is 6.07 Å². The van der Waals surface area contributed by atoms with Crippen molar-refractivity contribution in [2.24, 2.45) is 17.8 Å². The Morgan fingerprint density at radius 2 is 1.77 bits per heavy atom. The topological polar surface area (TPSA) is 44.8 Å². The SMILES string of the molecule is COc1ccc2c(c1OC)CC1CCCCC(C(=O)OC(C)(C)C)C1C2. The van der Waals surface area contributed by atoms with Crippen LogP contribution in [0.2, 0.25) is 0 Å². The van der Waals surface area contributed by atoms with E-state index in [1.165, 1.54) is 24.0 Å². The van der Waals surface area contributed by atoms with E-state index in [4.69, 9.17) is 14.2 Å². The summed E-state index contributed by atoms with van der Waals surface area (Å²) in [4.78, 5) is 12.9. The molecule has 3 unspecified atom stereocenters. The highest BCUT2D eigenvalue weighted by atomic mass is 16.6. The smallest absolute Gasteiger partial charge is 0.309 e. The third-order valence-electron chi connectivity index (χ3n) is 5.84. The first-order chi connectivity index (χ1) is 12.3. The number of methoxy groups -OCH3 is 2. The number of fused-ring (bicyclic) bond motifs is 2. The van der Waals surface area contributed by atoms with Crippen LogP contribution in [0, 0.1) is 17.8 Å². The molecule has 0 aliphatic heterocycles. The summed E-state index contributed by atoms with van der Waals surface area (Å²) in [6.45, 7) is 5.85. The van der Waals surface area contributed by atoms with Gasteiger partial charge in [0, 0.05) is 5.56 Å².